The Morgan fingerprint density at radius 1 is 0.912 bits per heavy atom. The Morgan fingerprint density at radius 3 is 2.18 bits per heavy atom. The summed E-state index contributed by atoms with van der Waals surface area (Å²) in [6.07, 6.45) is 4.96. The van der Waals surface area contributed by atoms with E-state index in [2.05, 4.69) is 83.3 Å². The molecule has 1 amide bonds. The van der Waals surface area contributed by atoms with Crippen molar-refractivity contribution in [1.29, 1.82) is 0 Å². The van der Waals surface area contributed by atoms with E-state index in [-0.39, 0.29) is 16.7 Å². The van der Waals surface area contributed by atoms with E-state index in [9.17, 15) is 4.79 Å². The smallest absolute Gasteiger partial charge is 0.287 e. The zero-order valence-electron chi connectivity index (χ0n) is 21.7. The maximum atomic E-state index is 12.6. The molecule has 0 saturated carbocycles. The standard InChI is InChI=1S/C31H39NO2/c1-7-22-8-10-23(11-9-22)14-17-32-29(33)28-13-12-25(34-28)19-24-20-27-26(18-21(24)2)30(3,4)15-16-31(27,5)6/h8-13,18,20H,7,14-17,19H2,1-6H3,(H,32,33). The van der Waals surface area contributed by atoms with Crippen LogP contribution in [0.4, 0.5) is 0 Å². The summed E-state index contributed by atoms with van der Waals surface area (Å²) in [6, 6.07) is 17.1. The monoisotopic (exact) mass is 457 g/mol. The molecule has 0 atom stereocenters. The largest absolute Gasteiger partial charge is 0.456 e. The number of hydrogen-bond donors (Lipinski definition) is 1. The molecule has 0 fully saturated rings. The van der Waals surface area contributed by atoms with E-state index in [0.717, 1.165) is 18.6 Å². The SMILES string of the molecule is CCc1ccc(CCNC(=O)c2ccc(Cc3cc4c(cc3C)C(C)(C)CCC4(C)C)o2)cc1. The average Bonchev–Trinajstić information content (AvgIpc) is 3.27. The van der Waals surface area contributed by atoms with Crippen LogP contribution < -0.4 is 5.32 Å². The number of rotatable bonds is 7. The molecule has 2 aromatic carbocycles. The summed E-state index contributed by atoms with van der Waals surface area (Å²) in [5, 5.41) is 2.99. The molecule has 3 nitrogen and oxygen atoms in total. The molecular weight excluding hydrogens is 418 g/mol. The third-order valence-corrected chi connectivity index (χ3v) is 7.69. The van der Waals surface area contributed by atoms with Crippen LogP contribution in [0.15, 0.2) is 52.9 Å². The molecular formula is C31H39NO2. The number of fused-ring (bicyclic) bond motifs is 1. The predicted molar refractivity (Wildman–Crippen MR) is 140 cm³/mol. The summed E-state index contributed by atoms with van der Waals surface area (Å²) in [5.41, 5.74) is 8.46. The van der Waals surface area contributed by atoms with Gasteiger partial charge in [0, 0.05) is 13.0 Å². The maximum absolute atomic E-state index is 12.6. The molecule has 1 heterocycles. The highest BCUT2D eigenvalue weighted by atomic mass is 16.3. The van der Waals surface area contributed by atoms with Gasteiger partial charge in [0.1, 0.15) is 5.76 Å². The molecule has 1 N–H and O–H groups in total. The van der Waals surface area contributed by atoms with Gasteiger partial charge in [-0.1, -0.05) is 71.0 Å². The summed E-state index contributed by atoms with van der Waals surface area (Å²) in [4.78, 5) is 12.6. The van der Waals surface area contributed by atoms with E-state index in [0.29, 0.717) is 18.7 Å². The van der Waals surface area contributed by atoms with E-state index in [1.54, 1.807) is 6.07 Å². The van der Waals surface area contributed by atoms with Crippen molar-refractivity contribution in [3.8, 4) is 0 Å². The van der Waals surface area contributed by atoms with Crippen LogP contribution >= 0.6 is 0 Å². The maximum Gasteiger partial charge on any atom is 0.287 e. The topological polar surface area (TPSA) is 42.2 Å². The predicted octanol–water partition coefficient (Wildman–Crippen LogP) is 7.06. The number of hydrogen-bond acceptors (Lipinski definition) is 2. The molecule has 0 radical (unpaired) electrons. The second-order valence-electron chi connectivity index (χ2n) is 11.2. The van der Waals surface area contributed by atoms with Gasteiger partial charge in [-0.3, -0.25) is 4.79 Å². The van der Waals surface area contributed by atoms with Gasteiger partial charge in [-0.25, -0.2) is 0 Å². The molecule has 1 aromatic heterocycles. The van der Waals surface area contributed by atoms with E-state index in [1.807, 2.05) is 6.07 Å². The first kappa shape index (κ1) is 24.3. The van der Waals surface area contributed by atoms with E-state index < -0.39 is 0 Å². The molecule has 0 bridgehead atoms. The van der Waals surface area contributed by atoms with Crippen molar-refractivity contribution in [2.24, 2.45) is 0 Å². The molecule has 0 spiro atoms. The lowest BCUT2D eigenvalue weighted by Gasteiger charge is -2.42. The van der Waals surface area contributed by atoms with Gasteiger partial charge in [0.2, 0.25) is 0 Å². The van der Waals surface area contributed by atoms with Crippen LogP contribution in [0.25, 0.3) is 0 Å². The minimum absolute atomic E-state index is 0.151. The van der Waals surface area contributed by atoms with Crippen molar-refractivity contribution in [1.82, 2.24) is 5.32 Å². The van der Waals surface area contributed by atoms with Crippen molar-refractivity contribution >= 4 is 5.91 Å². The molecule has 34 heavy (non-hydrogen) atoms. The van der Waals surface area contributed by atoms with Gasteiger partial charge in [0.25, 0.3) is 5.91 Å². The minimum Gasteiger partial charge on any atom is -0.456 e. The molecule has 1 aliphatic carbocycles. The summed E-state index contributed by atoms with van der Waals surface area (Å²) in [6.45, 7) is 14.4. The third-order valence-electron chi connectivity index (χ3n) is 7.69. The molecule has 180 valence electrons. The molecule has 0 saturated heterocycles. The van der Waals surface area contributed by atoms with Crippen LogP contribution in [0.5, 0.6) is 0 Å². The Bertz CT molecular complexity index is 1160. The summed E-state index contributed by atoms with van der Waals surface area (Å²) < 4.78 is 5.96. The number of carbonyl (C=O) groups is 1. The molecule has 0 aliphatic heterocycles. The fourth-order valence-corrected chi connectivity index (χ4v) is 5.09. The van der Waals surface area contributed by atoms with Crippen LogP contribution in [0, 0.1) is 6.92 Å². The first-order valence-electron chi connectivity index (χ1n) is 12.7. The zero-order valence-corrected chi connectivity index (χ0v) is 21.7. The Balaban J connectivity index is 1.42. The third kappa shape index (κ3) is 5.14. The van der Waals surface area contributed by atoms with Crippen LogP contribution in [-0.4, -0.2) is 12.5 Å². The summed E-state index contributed by atoms with van der Waals surface area (Å²) in [7, 11) is 0. The molecule has 0 unspecified atom stereocenters. The normalized spacial score (nSPS) is 16.2. The van der Waals surface area contributed by atoms with Crippen LogP contribution in [-0.2, 0) is 30.1 Å². The van der Waals surface area contributed by atoms with Crippen molar-refractivity contribution in [2.75, 3.05) is 6.54 Å². The molecule has 4 rings (SSSR count). The number of amides is 1. The molecule has 3 heteroatoms. The van der Waals surface area contributed by atoms with Gasteiger partial charge in [-0.05, 0) is 89.0 Å². The number of aryl methyl sites for hydroxylation is 2. The van der Waals surface area contributed by atoms with Gasteiger partial charge in [-0.2, -0.15) is 0 Å². The highest BCUT2D eigenvalue weighted by Gasteiger charge is 2.37. The van der Waals surface area contributed by atoms with Crippen LogP contribution in [0.2, 0.25) is 0 Å². The van der Waals surface area contributed by atoms with E-state index >= 15 is 0 Å². The van der Waals surface area contributed by atoms with Crippen LogP contribution in [0.3, 0.4) is 0 Å². The number of benzene rings is 2. The number of carbonyl (C=O) groups excluding carboxylic acids is 1. The average molecular weight is 458 g/mol. The summed E-state index contributed by atoms with van der Waals surface area (Å²) in [5.74, 6) is 1.06. The highest BCUT2D eigenvalue weighted by Crippen LogP contribution is 2.46. The lowest BCUT2D eigenvalue weighted by Crippen LogP contribution is -2.34. The Labute approximate surface area is 205 Å². The summed E-state index contributed by atoms with van der Waals surface area (Å²) >= 11 is 0. The lowest BCUT2D eigenvalue weighted by molar-refractivity contribution is 0.0925. The van der Waals surface area contributed by atoms with Crippen molar-refractivity contribution in [3.05, 3.63) is 93.4 Å². The Kier molecular flexibility index (Phi) is 6.75. The fourth-order valence-electron chi connectivity index (χ4n) is 5.09. The van der Waals surface area contributed by atoms with E-state index in [4.69, 9.17) is 4.42 Å². The van der Waals surface area contributed by atoms with Gasteiger partial charge < -0.3 is 9.73 Å². The second-order valence-corrected chi connectivity index (χ2v) is 11.2. The van der Waals surface area contributed by atoms with Crippen molar-refractivity contribution < 1.29 is 9.21 Å². The minimum atomic E-state index is -0.151. The van der Waals surface area contributed by atoms with Crippen molar-refractivity contribution in [3.63, 3.8) is 0 Å². The van der Waals surface area contributed by atoms with Gasteiger partial charge in [0.15, 0.2) is 5.76 Å². The van der Waals surface area contributed by atoms with Gasteiger partial charge >= 0.3 is 0 Å². The first-order valence-corrected chi connectivity index (χ1v) is 12.7. The number of furan rings is 1. The van der Waals surface area contributed by atoms with Crippen LogP contribution in [0.1, 0.15) is 97.2 Å². The highest BCUT2D eigenvalue weighted by molar-refractivity contribution is 5.91. The Morgan fingerprint density at radius 2 is 1.53 bits per heavy atom. The number of nitrogens with one attached hydrogen (secondary N) is 1. The second kappa shape index (κ2) is 9.44. The lowest BCUT2D eigenvalue weighted by atomic mass is 9.62. The Hall–Kier alpha value is -2.81. The molecule has 1 aliphatic rings. The zero-order chi connectivity index (χ0) is 24.5. The first-order chi connectivity index (χ1) is 16.1. The van der Waals surface area contributed by atoms with E-state index in [1.165, 1.54) is 46.2 Å². The quantitative estimate of drug-likeness (QED) is 0.412. The fraction of sp³-hybridized carbons (Fsp3) is 0.452. The van der Waals surface area contributed by atoms with Gasteiger partial charge in [-0.15, -0.1) is 0 Å². The van der Waals surface area contributed by atoms with Gasteiger partial charge in [0.05, 0.1) is 0 Å². The van der Waals surface area contributed by atoms with Crippen molar-refractivity contribution in [2.45, 2.75) is 84.5 Å². The molecule has 3 aromatic rings.